The molecule has 3 saturated heterocycles. The number of rotatable bonds is 4. The van der Waals surface area contributed by atoms with Gasteiger partial charge in [0.2, 0.25) is 5.95 Å². The Morgan fingerprint density at radius 3 is 2.65 bits per heavy atom. The average molecular weight is 481 g/mol. The van der Waals surface area contributed by atoms with Crippen LogP contribution in [0, 0.1) is 5.92 Å². The molecule has 1 aromatic carbocycles. The lowest BCUT2D eigenvalue weighted by Crippen LogP contribution is -2.47. The molecule has 7 rings (SSSR count). The summed E-state index contributed by atoms with van der Waals surface area (Å²) in [5.74, 6) is 2.58. The maximum Gasteiger partial charge on any atom is 0.298 e. The summed E-state index contributed by atoms with van der Waals surface area (Å²) in [5, 5.41) is 3.59. The fourth-order valence-corrected chi connectivity index (χ4v) is 7.22. The highest BCUT2D eigenvalue weighted by molar-refractivity contribution is 7.85. The van der Waals surface area contributed by atoms with Crippen LogP contribution in [0.2, 0.25) is 0 Å². The van der Waals surface area contributed by atoms with Crippen molar-refractivity contribution in [2.24, 2.45) is 5.92 Å². The third-order valence-electron chi connectivity index (χ3n) is 7.81. The van der Waals surface area contributed by atoms with E-state index in [4.69, 9.17) is 24.1 Å². The molecule has 1 N–H and O–H groups in total. The lowest BCUT2D eigenvalue weighted by Gasteiger charge is -2.33. The van der Waals surface area contributed by atoms with Gasteiger partial charge < -0.3 is 24.3 Å². The summed E-state index contributed by atoms with van der Waals surface area (Å²) in [7, 11) is -1.04. The Kier molecular flexibility index (Phi) is 4.80. The quantitative estimate of drug-likeness (QED) is 0.604. The summed E-state index contributed by atoms with van der Waals surface area (Å²) in [6, 6.07) is 9.47. The van der Waals surface area contributed by atoms with Crippen LogP contribution in [0.25, 0.3) is 11.1 Å². The number of aryl methyl sites for hydroxylation is 1. The van der Waals surface area contributed by atoms with Gasteiger partial charge in [0.05, 0.1) is 28.6 Å². The highest BCUT2D eigenvalue weighted by atomic mass is 32.2. The van der Waals surface area contributed by atoms with Gasteiger partial charge >= 0.3 is 0 Å². The second-order valence-electron chi connectivity index (χ2n) is 9.74. The molecule has 2 bridgehead atoms. The number of oxazole rings is 1. The fraction of sp³-hybridized carbons (Fsp3) is 0.542. The van der Waals surface area contributed by atoms with E-state index in [2.05, 4.69) is 22.0 Å². The Labute approximate surface area is 200 Å². The predicted octanol–water partition coefficient (Wildman–Crippen LogP) is 2.59. The third-order valence-corrected chi connectivity index (χ3v) is 9.26. The molecule has 0 aliphatic carbocycles. The molecular weight excluding hydrogens is 452 g/mol. The Morgan fingerprint density at radius 2 is 1.85 bits per heavy atom. The van der Waals surface area contributed by atoms with Gasteiger partial charge in [-0.15, -0.1) is 0 Å². The molecule has 0 radical (unpaired) electrons. The third kappa shape index (κ3) is 3.22. The van der Waals surface area contributed by atoms with Crippen LogP contribution in [0.15, 0.2) is 33.6 Å². The van der Waals surface area contributed by atoms with E-state index in [0.29, 0.717) is 23.7 Å². The van der Waals surface area contributed by atoms with Crippen molar-refractivity contribution in [1.29, 1.82) is 0 Å². The molecule has 4 atom stereocenters. The first-order valence-electron chi connectivity index (χ1n) is 12.2. The standard InChI is InChI=1S/C24H28N6O3S/c1-14-18-13-30(24-27-16-4-2-3-5-20(16)33-24)19(14)12-29(18)23-26-17-8-11-34(31)21(17)22(28-23)25-15-6-9-32-10-7-15/h2-5,14-15,18-19H,6-13H2,1H3,(H,25,26,28). The summed E-state index contributed by atoms with van der Waals surface area (Å²) >= 11 is 0. The first-order chi connectivity index (χ1) is 16.7. The number of piperazine rings is 1. The van der Waals surface area contributed by atoms with Crippen LogP contribution in [-0.4, -0.2) is 69.3 Å². The second-order valence-corrected chi connectivity index (χ2v) is 11.2. The molecular formula is C24H28N6O3S. The zero-order valence-electron chi connectivity index (χ0n) is 19.1. The maximum absolute atomic E-state index is 12.7. The van der Waals surface area contributed by atoms with Crippen LogP contribution >= 0.6 is 0 Å². The SMILES string of the molecule is CC1C2CN(c3nc4ccccc4o3)C1CN2c1nc2c(c(NC3CCOCC3)n1)S(=O)CC2. The highest BCUT2D eigenvalue weighted by Crippen LogP contribution is 2.42. The van der Waals surface area contributed by atoms with Crippen LogP contribution < -0.4 is 15.1 Å². The van der Waals surface area contributed by atoms with Crippen molar-refractivity contribution in [3.05, 3.63) is 30.0 Å². The van der Waals surface area contributed by atoms with Crippen LogP contribution in [0.4, 0.5) is 17.8 Å². The van der Waals surface area contributed by atoms with Crippen molar-refractivity contribution < 1.29 is 13.4 Å². The number of nitrogens with one attached hydrogen (secondary N) is 1. The normalized spacial score (nSPS) is 28.7. The van der Waals surface area contributed by atoms with Gasteiger partial charge in [-0.25, -0.2) is 4.98 Å². The number of aromatic nitrogens is 3. The summed E-state index contributed by atoms with van der Waals surface area (Å²) < 4.78 is 24.3. The first kappa shape index (κ1) is 20.6. The van der Waals surface area contributed by atoms with Gasteiger partial charge in [-0.1, -0.05) is 19.1 Å². The zero-order valence-corrected chi connectivity index (χ0v) is 20.0. The number of para-hydroxylation sites is 2. The molecule has 4 aliphatic rings. The Hall–Kier alpha value is -2.72. The summed E-state index contributed by atoms with van der Waals surface area (Å²) in [4.78, 5) is 20.1. The predicted molar refractivity (Wildman–Crippen MR) is 130 cm³/mol. The highest BCUT2D eigenvalue weighted by Gasteiger charge is 2.51. The van der Waals surface area contributed by atoms with E-state index in [-0.39, 0.29) is 12.1 Å². The van der Waals surface area contributed by atoms with Crippen LogP contribution in [0.1, 0.15) is 25.5 Å². The number of fused-ring (bicyclic) bond motifs is 4. The number of hydrogen-bond acceptors (Lipinski definition) is 9. The minimum absolute atomic E-state index is 0.279. The van der Waals surface area contributed by atoms with Gasteiger partial charge in [-0.2, -0.15) is 9.97 Å². The Bertz CT molecular complexity index is 1240. The van der Waals surface area contributed by atoms with E-state index in [0.717, 1.165) is 79.0 Å². The number of benzene rings is 1. The second kappa shape index (κ2) is 7.91. The first-order valence-corrected chi connectivity index (χ1v) is 13.5. The molecule has 4 unspecified atom stereocenters. The molecule has 0 saturated carbocycles. The topological polar surface area (TPSA) is 96.6 Å². The smallest absolute Gasteiger partial charge is 0.298 e. The van der Waals surface area contributed by atoms with Crippen molar-refractivity contribution in [1.82, 2.24) is 15.0 Å². The van der Waals surface area contributed by atoms with Gasteiger partial charge in [0.25, 0.3) is 6.01 Å². The number of hydrogen-bond donors (Lipinski definition) is 1. The molecule has 6 heterocycles. The van der Waals surface area contributed by atoms with E-state index < -0.39 is 10.8 Å². The van der Waals surface area contributed by atoms with Gasteiger partial charge in [-0.05, 0) is 25.0 Å². The van der Waals surface area contributed by atoms with Gasteiger partial charge in [0.15, 0.2) is 5.58 Å². The molecule has 0 spiro atoms. The summed E-state index contributed by atoms with van der Waals surface area (Å²) in [5.41, 5.74) is 2.65. The summed E-state index contributed by atoms with van der Waals surface area (Å²) in [6.45, 7) is 5.44. The minimum atomic E-state index is -1.04. The molecule has 9 nitrogen and oxygen atoms in total. The van der Waals surface area contributed by atoms with E-state index in [1.54, 1.807) is 0 Å². The maximum atomic E-state index is 12.7. The van der Waals surface area contributed by atoms with E-state index in [1.807, 2.05) is 24.3 Å². The molecule has 4 aliphatic heterocycles. The molecule has 3 aromatic rings. The molecule has 2 aromatic heterocycles. The van der Waals surface area contributed by atoms with E-state index >= 15 is 0 Å². The Balaban J connectivity index is 1.18. The molecule has 10 heteroatoms. The van der Waals surface area contributed by atoms with Gasteiger partial charge in [-0.3, -0.25) is 4.21 Å². The van der Waals surface area contributed by atoms with Crippen LogP contribution in [0.5, 0.6) is 0 Å². The average Bonchev–Trinajstić information content (AvgIpc) is 3.61. The monoisotopic (exact) mass is 480 g/mol. The van der Waals surface area contributed by atoms with Crippen molar-refractivity contribution in [2.45, 2.75) is 49.2 Å². The van der Waals surface area contributed by atoms with Crippen molar-refractivity contribution in [3.8, 4) is 0 Å². The zero-order chi connectivity index (χ0) is 22.8. The lowest BCUT2D eigenvalue weighted by atomic mass is 10.0. The largest absolute Gasteiger partial charge is 0.423 e. The van der Waals surface area contributed by atoms with Crippen LogP contribution in [-0.2, 0) is 22.0 Å². The van der Waals surface area contributed by atoms with Crippen molar-refractivity contribution in [3.63, 3.8) is 0 Å². The molecule has 178 valence electrons. The van der Waals surface area contributed by atoms with E-state index in [9.17, 15) is 4.21 Å². The van der Waals surface area contributed by atoms with Gasteiger partial charge in [0.1, 0.15) is 16.2 Å². The van der Waals surface area contributed by atoms with Crippen molar-refractivity contribution in [2.75, 3.05) is 47.2 Å². The van der Waals surface area contributed by atoms with Gasteiger partial charge in [0, 0.05) is 50.4 Å². The number of anilines is 3. The minimum Gasteiger partial charge on any atom is -0.423 e. The fourth-order valence-electron chi connectivity index (χ4n) is 5.91. The van der Waals surface area contributed by atoms with Crippen molar-refractivity contribution >= 4 is 39.7 Å². The molecule has 3 fully saturated rings. The molecule has 34 heavy (non-hydrogen) atoms. The molecule has 0 amide bonds. The number of nitrogens with zero attached hydrogens (tertiary/aromatic N) is 5. The van der Waals surface area contributed by atoms with E-state index in [1.165, 1.54) is 0 Å². The lowest BCUT2D eigenvalue weighted by molar-refractivity contribution is 0.0903. The number of ether oxygens (including phenoxy) is 1. The summed E-state index contributed by atoms with van der Waals surface area (Å²) in [6.07, 6.45) is 2.61. The Morgan fingerprint density at radius 1 is 1.06 bits per heavy atom. The van der Waals surface area contributed by atoms with Crippen LogP contribution in [0.3, 0.4) is 0 Å².